The van der Waals surface area contributed by atoms with Gasteiger partial charge >= 0.3 is 5.97 Å². The number of carboxylic acids is 1. The van der Waals surface area contributed by atoms with Crippen molar-refractivity contribution in [2.24, 2.45) is 11.1 Å². The lowest BCUT2D eigenvalue weighted by molar-refractivity contribution is -0.143. The summed E-state index contributed by atoms with van der Waals surface area (Å²) >= 11 is 5.83. The number of hydrogen-bond donors (Lipinski definition) is 2. The van der Waals surface area contributed by atoms with Gasteiger partial charge in [0.15, 0.2) is 9.84 Å². The molecular weight excluding hydrogens is 374 g/mol. The Labute approximate surface area is 157 Å². The highest BCUT2D eigenvalue weighted by atomic mass is 35.5. The molecule has 5 nitrogen and oxygen atoms in total. The predicted octanol–water partition coefficient (Wildman–Crippen LogP) is 2.87. The van der Waals surface area contributed by atoms with Gasteiger partial charge in [-0.15, -0.1) is 0 Å². The molecule has 0 saturated heterocycles. The number of sulfone groups is 1. The number of nitrogens with two attached hydrogens (primary N) is 1. The maximum absolute atomic E-state index is 13.1. The zero-order valence-corrected chi connectivity index (χ0v) is 15.8. The van der Waals surface area contributed by atoms with Crippen LogP contribution in [0, 0.1) is 5.41 Å². The van der Waals surface area contributed by atoms with Crippen molar-refractivity contribution >= 4 is 27.4 Å². The van der Waals surface area contributed by atoms with E-state index in [1.54, 1.807) is 12.1 Å². The number of halogens is 1. The van der Waals surface area contributed by atoms with E-state index < -0.39 is 32.4 Å². The van der Waals surface area contributed by atoms with E-state index >= 15 is 0 Å². The normalized spacial score (nSPS) is 25.0. The van der Waals surface area contributed by atoms with Gasteiger partial charge in [-0.1, -0.05) is 42.8 Å². The van der Waals surface area contributed by atoms with Crippen molar-refractivity contribution in [3.63, 3.8) is 0 Å². The Balaban J connectivity index is 2.08. The molecule has 0 spiro atoms. The SMILES string of the molecule is CCc1ccc([C@@H]2[C@@H](S(=O)(=O)c3ccc(Cl)cc3)[C@@]2(CN)C(=O)O)cc1. The highest BCUT2D eigenvalue weighted by Gasteiger charge is 2.75. The van der Waals surface area contributed by atoms with Gasteiger partial charge in [-0.2, -0.15) is 0 Å². The lowest BCUT2D eigenvalue weighted by Crippen LogP contribution is -2.31. The maximum atomic E-state index is 13.1. The molecule has 2 aromatic rings. The summed E-state index contributed by atoms with van der Waals surface area (Å²) in [5.74, 6) is -1.87. The molecule has 1 aliphatic carbocycles. The first kappa shape index (κ1) is 18.9. The molecule has 138 valence electrons. The Hall–Kier alpha value is -1.89. The first-order chi connectivity index (χ1) is 12.3. The Morgan fingerprint density at radius 1 is 1.15 bits per heavy atom. The van der Waals surface area contributed by atoms with Crippen LogP contribution < -0.4 is 5.73 Å². The van der Waals surface area contributed by atoms with Gasteiger partial charge in [-0.25, -0.2) is 8.42 Å². The molecule has 0 aromatic heterocycles. The van der Waals surface area contributed by atoms with Crippen molar-refractivity contribution in [1.82, 2.24) is 0 Å². The molecule has 0 amide bonds. The van der Waals surface area contributed by atoms with Gasteiger partial charge in [-0.05, 0) is 41.8 Å². The summed E-state index contributed by atoms with van der Waals surface area (Å²) in [5.41, 5.74) is 6.03. The zero-order valence-electron chi connectivity index (χ0n) is 14.2. The molecule has 7 heteroatoms. The van der Waals surface area contributed by atoms with E-state index in [0.29, 0.717) is 10.6 Å². The van der Waals surface area contributed by atoms with Crippen LogP contribution in [0.2, 0.25) is 5.02 Å². The average molecular weight is 394 g/mol. The monoisotopic (exact) mass is 393 g/mol. The molecule has 0 bridgehead atoms. The Kier molecular flexibility index (Phi) is 4.86. The highest BCUT2D eigenvalue weighted by Crippen LogP contribution is 2.63. The van der Waals surface area contributed by atoms with Crippen molar-refractivity contribution < 1.29 is 18.3 Å². The van der Waals surface area contributed by atoms with E-state index in [0.717, 1.165) is 12.0 Å². The van der Waals surface area contributed by atoms with Gasteiger partial charge in [0.1, 0.15) is 5.41 Å². The van der Waals surface area contributed by atoms with Crippen LogP contribution in [0.5, 0.6) is 0 Å². The Morgan fingerprint density at radius 3 is 2.19 bits per heavy atom. The minimum atomic E-state index is -3.88. The second-order valence-electron chi connectivity index (χ2n) is 6.54. The minimum Gasteiger partial charge on any atom is -0.481 e. The third-order valence-corrected chi connectivity index (χ3v) is 7.76. The summed E-state index contributed by atoms with van der Waals surface area (Å²) in [6, 6.07) is 13.1. The van der Waals surface area contributed by atoms with E-state index in [9.17, 15) is 18.3 Å². The number of aliphatic carboxylic acids is 1. The summed E-state index contributed by atoms with van der Waals surface area (Å²) in [5, 5.41) is 9.10. The van der Waals surface area contributed by atoms with E-state index in [-0.39, 0.29) is 11.4 Å². The first-order valence-electron chi connectivity index (χ1n) is 8.30. The molecule has 3 N–H and O–H groups in total. The van der Waals surface area contributed by atoms with E-state index in [4.69, 9.17) is 17.3 Å². The topological polar surface area (TPSA) is 97.5 Å². The Bertz CT molecular complexity index is 925. The lowest BCUT2D eigenvalue weighted by atomic mass is 9.98. The fourth-order valence-electron chi connectivity index (χ4n) is 3.65. The summed E-state index contributed by atoms with van der Waals surface area (Å²) < 4.78 is 26.3. The summed E-state index contributed by atoms with van der Waals surface area (Å²) in [7, 11) is -3.88. The number of aryl methyl sites for hydroxylation is 1. The fourth-order valence-corrected chi connectivity index (χ4v) is 6.16. The van der Waals surface area contributed by atoms with Gasteiger partial charge in [-0.3, -0.25) is 4.79 Å². The lowest BCUT2D eigenvalue weighted by Gasteiger charge is -2.10. The van der Waals surface area contributed by atoms with Crippen LogP contribution in [0.3, 0.4) is 0 Å². The minimum absolute atomic E-state index is 0.0543. The molecular formula is C19H20ClNO4S. The summed E-state index contributed by atoms with van der Waals surface area (Å²) in [4.78, 5) is 12.1. The van der Waals surface area contributed by atoms with Crippen LogP contribution in [0.4, 0.5) is 0 Å². The molecule has 0 heterocycles. The zero-order chi connectivity index (χ0) is 19.1. The maximum Gasteiger partial charge on any atom is 0.312 e. The second kappa shape index (κ2) is 6.68. The van der Waals surface area contributed by atoms with Crippen molar-refractivity contribution in [3.8, 4) is 0 Å². The second-order valence-corrected chi connectivity index (χ2v) is 9.05. The van der Waals surface area contributed by atoms with Crippen molar-refractivity contribution in [2.75, 3.05) is 6.54 Å². The van der Waals surface area contributed by atoms with Gasteiger partial charge in [0.05, 0.1) is 10.1 Å². The smallest absolute Gasteiger partial charge is 0.312 e. The molecule has 3 rings (SSSR count). The van der Waals surface area contributed by atoms with Crippen LogP contribution in [-0.2, 0) is 21.1 Å². The number of carbonyl (C=O) groups is 1. The molecule has 2 aromatic carbocycles. The summed E-state index contributed by atoms with van der Waals surface area (Å²) in [6.07, 6.45) is 0.846. The third kappa shape index (κ3) is 2.82. The average Bonchev–Trinajstić information content (AvgIpc) is 3.34. The number of hydrogen-bond acceptors (Lipinski definition) is 4. The molecule has 1 saturated carbocycles. The van der Waals surface area contributed by atoms with Gasteiger partial charge < -0.3 is 10.8 Å². The molecule has 26 heavy (non-hydrogen) atoms. The van der Waals surface area contributed by atoms with E-state index in [2.05, 4.69) is 0 Å². The first-order valence-corrected chi connectivity index (χ1v) is 10.2. The summed E-state index contributed by atoms with van der Waals surface area (Å²) in [6.45, 7) is 1.77. The molecule has 1 fully saturated rings. The Morgan fingerprint density at radius 2 is 1.73 bits per heavy atom. The molecule has 0 unspecified atom stereocenters. The third-order valence-electron chi connectivity index (χ3n) is 5.22. The van der Waals surface area contributed by atoms with Crippen LogP contribution in [0.25, 0.3) is 0 Å². The standard InChI is InChI=1S/C19H20ClNO4S/c1-2-12-3-5-13(6-4-12)16-17(19(16,11-21)18(22)23)26(24,25)15-9-7-14(20)8-10-15/h3-10,16-17H,2,11,21H2,1H3,(H,22,23)/t16-,17-,19+/m1/s1. The molecule has 0 radical (unpaired) electrons. The molecule has 3 atom stereocenters. The number of benzene rings is 2. The molecule has 0 aliphatic heterocycles. The van der Waals surface area contributed by atoms with Gasteiger partial charge in [0.25, 0.3) is 0 Å². The predicted molar refractivity (Wildman–Crippen MR) is 100 cm³/mol. The number of carboxylic acid groups (broad SMARTS) is 1. The largest absolute Gasteiger partial charge is 0.481 e. The van der Waals surface area contributed by atoms with Crippen LogP contribution in [0.15, 0.2) is 53.4 Å². The van der Waals surface area contributed by atoms with Crippen LogP contribution >= 0.6 is 11.6 Å². The van der Waals surface area contributed by atoms with Crippen molar-refractivity contribution in [2.45, 2.75) is 29.4 Å². The van der Waals surface area contributed by atoms with E-state index in [1.807, 2.05) is 19.1 Å². The molecule has 1 aliphatic rings. The van der Waals surface area contributed by atoms with E-state index in [1.165, 1.54) is 24.3 Å². The van der Waals surface area contributed by atoms with Crippen LogP contribution in [0.1, 0.15) is 24.0 Å². The highest BCUT2D eigenvalue weighted by molar-refractivity contribution is 7.92. The quantitative estimate of drug-likeness (QED) is 0.786. The van der Waals surface area contributed by atoms with Crippen LogP contribution in [-0.4, -0.2) is 31.3 Å². The van der Waals surface area contributed by atoms with Crippen molar-refractivity contribution in [1.29, 1.82) is 0 Å². The van der Waals surface area contributed by atoms with Gasteiger partial charge in [0, 0.05) is 17.5 Å². The fraction of sp³-hybridized carbons (Fsp3) is 0.316. The number of rotatable bonds is 6. The van der Waals surface area contributed by atoms with Crippen molar-refractivity contribution in [3.05, 3.63) is 64.7 Å². The van der Waals surface area contributed by atoms with Gasteiger partial charge in [0.2, 0.25) is 0 Å².